The van der Waals surface area contributed by atoms with Crippen LogP contribution in [0.3, 0.4) is 0 Å². The third-order valence-corrected chi connectivity index (χ3v) is 5.44. The van der Waals surface area contributed by atoms with Gasteiger partial charge in [-0.25, -0.2) is 8.78 Å². The summed E-state index contributed by atoms with van der Waals surface area (Å²) in [5.41, 5.74) is -0.128. The summed E-state index contributed by atoms with van der Waals surface area (Å²) in [6.45, 7) is 7.51. The SMILES string of the molecule is CC1=CN=NC1(C(=O)NC1C(C)c2ccccc2C1(C)C)C(F)F. The Morgan fingerprint density at radius 2 is 1.96 bits per heavy atom. The van der Waals surface area contributed by atoms with E-state index in [1.807, 2.05) is 45.0 Å². The maximum absolute atomic E-state index is 13.7. The molecular weight excluding hydrogens is 312 g/mol. The van der Waals surface area contributed by atoms with Crippen LogP contribution in [0.1, 0.15) is 44.7 Å². The van der Waals surface area contributed by atoms with Gasteiger partial charge in [0.2, 0.25) is 5.54 Å². The van der Waals surface area contributed by atoms with Gasteiger partial charge in [-0.3, -0.25) is 4.79 Å². The summed E-state index contributed by atoms with van der Waals surface area (Å²) in [6.07, 6.45) is -1.72. The highest BCUT2D eigenvalue weighted by atomic mass is 19.3. The number of alkyl halides is 2. The maximum Gasteiger partial charge on any atom is 0.278 e. The van der Waals surface area contributed by atoms with Gasteiger partial charge < -0.3 is 5.32 Å². The third-order valence-electron chi connectivity index (χ3n) is 5.44. The predicted molar refractivity (Wildman–Crippen MR) is 87.2 cm³/mol. The average molecular weight is 333 g/mol. The predicted octanol–water partition coefficient (Wildman–Crippen LogP) is 3.94. The van der Waals surface area contributed by atoms with Gasteiger partial charge in [0.15, 0.2) is 0 Å². The Bertz CT molecular complexity index is 742. The lowest BCUT2D eigenvalue weighted by molar-refractivity contribution is -0.131. The summed E-state index contributed by atoms with van der Waals surface area (Å²) in [7, 11) is 0. The van der Waals surface area contributed by atoms with Crippen LogP contribution in [0.4, 0.5) is 8.78 Å². The molecule has 2 aliphatic rings. The molecule has 3 atom stereocenters. The number of azo groups is 1. The van der Waals surface area contributed by atoms with Gasteiger partial charge in [-0.1, -0.05) is 45.0 Å². The molecule has 0 saturated heterocycles. The van der Waals surface area contributed by atoms with Gasteiger partial charge in [0, 0.05) is 17.4 Å². The zero-order valence-electron chi connectivity index (χ0n) is 14.2. The summed E-state index contributed by atoms with van der Waals surface area (Å²) >= 11 is 0. The molecule has 1 aromatic carbocycles. The Kier molecular flexibility index (Phi) is 3.81. The molecule has 0 spiro atoms. The fourth-order valence-electron chi connectivity index (χ4n) is 3.93. The molecule has 1 aliphatic carbocycles. The fraction of sp³-hybridized carbons (Fsp3) is 0.500. The number of rotatable bonds is 3. The van der Waals surface area contributed by atoms with Gasteiger partial charge >= 0.3 is 0 Å². The van der Waals surface area contributed by atoms with Gasteiger partial charge in [0.25, 0.3) is 12.3 Å². The number of nitrogens with one attached hydrogen (secondary N) is 1. The minimum atomic E-state index is -2.94. The number of fused-ring (bicyclic) bond motifs is 1. The van der Waals surface area contributed by atoms with Crippen molar-refractivity contribution in [3.8, 4) is 0 Å². The molecule has 1 aromatic rings. The third kappa shape index (κ3) is 2.12. The van der Waals surface area contributed by atoms with Crippen LogP contribution in [-0.2, 0) is 10.2 Å². The lowest BCUT2D eigenvalue weighted by atomic mass is 9.80. The smallest absolute Gasteiger partial charge is 0.278 e. The molecule has 3 unspecified atom stereocenters. The lowest BCUT2D eigenvalue weighted by Gasteiger charge is -2.34. The standard InChI is InChI=1S/C18H21F2N3O/c1-10-9-21-23-18(10,15(19)20)16(24)22-14-11(2)12-7-5-6-8-13(12)17(14,3)4/h5-9,11,14-15H,1-4H3,(H,22,24). The fourth-order valence-corrected chi connectivity index (χ4v) is 3.93. The van der Waals surface area contributed by atoms with E-state index >= 15 is 0 Å². The Balaban J connectivity index is 1.93. The van der Waals surface area contributed by atoms with E-state index < -0.39 is 17.9 Å². The first kappa shape index (κ1) is 16.7. The highest BCUT2D eigenvalue weighted by Gasteiger charge is 2.54. The Morgan fingerprint density at radius 1 is 1.29 bits per heavy atom. The molecule has 0 saturated carbocycles. The number of carbonyl (C=O) groups excluding carboxylic acids is 1. The molecular formula is C18H21F2N3O. The zero-order chi connectivity index (χ0) is 17.7. The zero-order valence-corrected chi connectivity index (χ0v) is 14.2. The average Bonchev–Trinajstić information content (AvgIpc) is 3.01. The van der Waals surface area contributed by atoms with Crippen LogP contribution in [0.15, 0.2) is 46.3 Å². The monoisotopic (exact) mass is 333 g/mol. The van der Waals surface area contributed by atoms with Gasteiger partial charge in [-0.2, -0.15) is 10.2 Å². The first-order valence-corrected chi connectivity index (χ1v) is 8.00. The van der Waals surface area contributed by atoms with Gasteiger partial charge in [0.1, 0.15) is 0 Å². The Morgan fingerprint density at radius 3 is 2.50 bits per heavy atom. The van der Waals surface area contributed by atoms with Crippen LogP contribution in [0.25, 0.3) is 0 Å². The van der Waals surface area contributed by atoms with E-state index in [1.54, 1.807) is 0 Å². The lowest BCUT2D eigenvalue weighted by Crippen LogP contribution is -2.56. The summed E-state index contributed by atoms with van der Waals surface area (Å²) in [4.78, 5) is 12.8. The van der Waals surface area contributed by atoms with E-state index in [2.05, 4.69) is 15.5 Å². The van der Waals surface area contributed by atoms with Crippen molar-refractivity contribution in [3.05, 3.63) is 47.2 Å². The van der Waals surface area contributed by atoms with E-state index in [4.69, 9.17) is 0 Å². The number of halogens is 2. The van der Waals surface area contributed by atoms with Crippen molar-refractivity contribution in [2.45, 2.75) is 57.0 Å². The summed E-state index contributed by atoms with van der Waals surface area (Å²) in [6, 6.07) is 7.67. The number of nitrogens with zero attached hydrogens (tertiary/aromatic N) is 2. The van der Waals surface area contributed by atoms with Crippen LogP contribution < -0.4 is 5.32 Å². The molecule has 0 bridgehead atoms. The van der Waals surface area contributed by atoms with Crippen molar-refractivity contribution in [1.29, 1.82) is 0 Å². The van der Waals surface area contributed by atoms with E-state index in [0.29, 0.717) is 0 Å². The van der Waals surface area contributed by atoms with Crippen molar-refractivity contribution in [2.75, 3.05) is 0 Å². The number of benzene rings is 1. The molecule has 6 heteroatoms. The van der Waals surface area contributed by atoms with Gasteiger partial charge in [0.05, 0.1) is 6.20 Å². The van der Waals surface area contributed by atoms with Crippen molar-refractivity contribution in [2.24, 2.45) is 10.2 Å². The highest BCUT2D eigenvalue weighted by Crippen LogP contribution is 2.46. The second-order valence-corrected chi connectivity index (χ2v) is 7.14. The second-order valence-electron chi connectivity index (χ2n) is 7.14. The van der Waals surface area contributed by atoms with Crippen molar-refractivity contribution < 1.29 is 13.6 Å². The topological polar surface area (TPSA) is 53.8 Å². The Hall–Kier alpha value is -2.11. The molecule has 0 aromatic heterocycles. The van der Waals surface area contributed by atoms with Gasteiger partial charge in [-0.15, -0.1) is 0 Å². The first-order valence-electron chi connectivity index (χ1n) is 8.00. The number of hydrogen-bond acceptors (Lipinski definition) is 3. The van der Waals surface area contributed by atoms with Crippen LogP contribution in [0.2, 0.25) is 0 Å². The van der Waals surface area contributed by atoms with E-state index in [-0.39, 0.29) is 22.9 Å². The molecule has 24 heavy (non-hydrogen) atoms. The second kappa shape index (κ2) is 5.46. The maximum atomic E-state index is 13.7. The molecule has 128 valence electrons. The molecule has 3 rings (SSSR count). The molecule has 0 radical (unpaired) electrons. The van der Waals surface area contributed by atoms with Crippen molar-refractivity contribution in [1.82, 2.24) is 5.32 Å². The Labute approximate surface area is 140 Å². The minimum absolute atomic E-state index is 0.0255. The first-order chi connectivity index (χ1) is 11.2. The molecule has 1 aliphatic heterocycles. The van der Waals surface area contributed by atoms with Crippen molar-refractivity contribution in [3.63, 3.8) is 0 Å². The van der Waals surface area contributed by atoms with Gasteiger partial charge in [-0.05, 0) is 23.6 Å². The van der Waals surface area contributed by atoms with E-state index in [9.17, 15) is 13.6 Å². The summed E-state index contributed by atoms with van der Waals surface area (Å²) < 4.78 is 27.3. The number of hydrogen-bond donors (Lipinski definition) is 1. The van der Waals surface area contributed by atoms with Crippen LogP contribution in [0.5, 0.6) is 0 Å². The number of carbonyl (C=O) groups is 1. The molecule has 1 amide bonds. The largest absolute Gasteiger partial charge is 0.349 e. The van der Waals surface area contributed by atoms with Crippen LogP contribution in [-0.4, -0.2) is 23.9 Å². The van der Waals surface area contributed by atoms with E-state index in [0.717, 1.165) is 11.1 Å². The molecule has 1 N–H and O–H groups in total. The highest BCUT2D eigenvalue weighted by molar-refractivity contribution is 5.91. The minimum Gasteiger partial charge on any atom is -0.349 e. The van der Waals surface area contributed by atoms with Crippen molar-refractivity contribution >= 4 is 5.91 Å². The molecule has 1 heterocycles. The molecule has 0 fully saturated rings. The quantitative estimate of drug-likeness (QED) is 0.895. The summed E-state index contributed by atoms with van der Waals surface area (Å²) in [5.74, 6) is -0.761. The van der Waals surface area contributed by atoms with Crippen LogP contribution >= 0.6 is 0 Å². The molecule has 4 nitrogen and oxygen atoms in total. The number of amides is 1. The normalized spacial score (nSPS) is 30.4. The van der Waals surface area contributed by atoms with E-state index in [1.165, 1.54) is 13.1 Å². The summed E-state index contributed by atoms with van der Waals surface area (Å²) in [5, 5.41) is 9.98. The van der Waals surface area contributed by atoms with Crippen LogP contribution in [0, 0.1) is 0 Å².